The van der Waals surface area contributed by atoms with Crippen LogP contribution in [0.3, 0.4) is 0 Å². The van der Waals surface area contributed by atoms with Crippen molar-refractivity contribution in [1.82, 2.24) is 5.32 Å². The van der Waals surface area contributed by atoms with Crippen LogP contribution in [0, 0.1) is 0 Å². The zero-order valence-electron chi connectivity index (χ0n) is 9.25. The van der Waals surface area contributed by atoms with Gasteiger partial charge in [0.2, 0.25) is 0 Å². The van der Waals surface area contributed by atoms with E-state index in [1.165, 1.54) is 0 Å². The van der Waals surface area contributed by atoms with Gasteiger partial charge in [-0.2, -0.15) is 0 Å². The summed E-state index contributed by atoms with van der Waals surface area (Å²) in [7, 11) is 1.68. The Morgan fingerprint density at radius 2 is 2.29 bits per heavy atom. The van der Waals surface area contributed by atoms with Gasteiger partial charge in [-0.25, -0.2) is 0 Å². The third-order valence-corrected chi connectivity index (χ3v) is 1.83. The van der Waals surface area contributed by atoms with Gasteiger partial charge in [-0.05, 0) is 19.4 Å². The van der Waals surface area contributed by atoms with Crippen molar-refractivity contribution >= 4 is 0 Å². The summed E-state index contributed by atoms with van der Waals surface area (Å²) in [6, 6.07) is 0. The van der Waals surface area contributed by atoms with Crippen LogP contribution in [0.5, 0.6) is 0 Å². The smallest absolute Gasteiger partial charge is 0.116 e. The Labute approximate surface area is 85.9 Å². The Morgan fingerprint density at radius 3 is 2.79 bits per heavy atom. The second kappa shape index (κ2) is 8.99. The standard InChI is InChI=1S/C10H21NO3/c1-4-10(7-9(2)13-3)11-8-14-6-5-12/h7,9,11-12H,4-6,8H2,1-3H3/b10-7+. The van der Waals surface area contributed by atoms with Crippen molar-refractivity contribution in [2.75, 3.05) is 27.1 Å². The molecule has 0 amide bonds. The fourth-order valence-corrected chi connectivity index (χ4v) is 0.934. The van der Waals surface area contributed by atoms with Crippen molar-refractivity contribution in [3.8, 4) is 0 Å². The Morgan fingerprint density at radius 1 is 1.57 bits per heavy atom. The van der Waals surface area contributed by atoms with Gasteiger partial charge in [0.05, 0.1) is 19.3 Å². The summed E-state index contributed by atoms with van der Waals surface area (Å²) < 4.78 is 10.2. The molecule has 0 saturated heterocycles. The molecule has 14 heavy (non-hydrogen) atoms. The van der Waals surface area contributed by atoms with Gasteiger partial charge in [0, 0.05) is 12.8 Å². The first kappa shape index (κ1) is 13.4. The zero-order valence-corrected chi connectivity index (χ0v) is 9.25. The van der Waals surface area contributed by atoms with Crippen molar-refractivity contribution in [2.45, 2.75) is 26.4 Å². The maximum Gasteiger partial charge on any atom is 0.116 e. The van der Waals surface area contributed by atoms with Crippen LogP contribution in [0.1, 0.15) is 20.3 Å². The van der Waals surface area contributed by atoms with E-state index in [-0.39, 0.29) is 12.7 Å². The van der Waals surface area contributed by atoms with E-state index in [0.717, 1.165) is 12.1 Å². The van der Waals surface area contributed by atoms with E-state index in [1.807, 2.05) is 13.0 Å². The lowest BCUT2D eigenvalue weighted by atomic mass is 10.2. The topological polar surface area (TPSA) is 50.7 Å². The fourth-order valence-electron chi connectivity index (χ4n) is 0.934. The van der Waals surface area contributed by atoms with Crippen LogP contribution in [0.2, 0.25) is 0 Å². The average Bonchev–Trinajstić information content (AvgIpc) is 2.22. The van der Waals surface area contributed by atoms with E-state index >= 15 is 0 Å². The average molecular weight is 203 g/mol. The number of aliphatic hydroxyl groups excluding tert-OH is 1. The van der Waals surface area contributed by atoms with Crippen LogP contribution in [0.4, 0.5) is 0 Å². The van der Waals surface area contributed by atoms with Crippen molar-refractivity contribution in [2.24, 2.45) is 0 Å². The van der Waals surface area contributed by atoms with E-state index in [9.17, 15) is 0 Å². The molecule has 1 unspecified atom stereocenters. The van der Waals surface area contributed by atoms with E-state index in [1.54, 1.807) is 7.11 Å². The molecule has 0 radical (unpaired) electrons. The van der Waals surface area contributed by atoms with Crippen LogP contribution < -0.4 is 5.32 Å². The summed E-state index contributed by atoms with van der Waals surface area (Å²) in [6.07, 6.45) is 3.04. The molecule has 84 valence electrons. The molecule has 0 aliphatic carbocycles. The van der Waals surface area contributed by atoms with Crippen LogP contribution in [-0.4, -0.2) is 38.3 Å². The highest BCUT2D eigenvalue weighted by Gasteiger charge is 1.97. The molecule has 0 rings (SSSR count). The van der Waals surface area contributed by atoms with Crippen LogP contribution in [0.25, 0.3) is 0 Å². The Balaban J connectivity index is 3.72. The van der Waals surface area contributed by atoms with Crippen molar-refractivity contribution in [3.05, 3.63) is 11.8 Å². The third-order valence-electron chi connectivity index (χ3n) is 1.83. The van der Waals surface area contributed by atoms with E-state index in [2.05, 4.69) is 12.2 Å². The highest BCUT2D eigenvalue weighted by atomic mass is 16.5. The molecule has 0 bridgehead atoms. The summed E-state index contributed by atoms with van der Waals surface area (Å²) in [5.74, 6) is 0. The van der Waals surface area contributed by atoms with Gasteiger partial charge in [-0.15, -0.1) is 0 Å². The van der Waals surface area contributed by atoms with E-state index in [4.69, 9.17) is 14.6 Å². The first-order chi connectivity index (χ1) is 6.74. The fraction of sp³-hybridized carbons (Fsp3) is 0.800. The number of aliphatic hydroxyl groups is 1. The van der Waals surface area contributed by atoms with Crippen LogP contribution in [0.15, 0.2) is 11.8 Å². The normalized spacial score (nSPS) is 14.1. The molecule has 0 heterocycles. The minimum absolute atomic E-state index is 0.0569. The molecule has 1 atom stereocenters. The molecule has 0 saturated carbocycles. The summed E-state index contributed by atoms with van der Waals surface area (Å²) in [6.45, 7) is 4.89. The molecule has 0 aliphatic rings. The van der Waals surface area contributed by atoms with Gasteiger partial charge in [0.15, 0.2) is 0 Å². The lowest BCUT2D eigenvalue weighted by Gasteiger charge is -2.11. The summed E-state index contributed by atoms with van der Waals surface area (Å²) in [4.78, 5) is 0. The van der Waals surface area contributed by atoms with Crippen molar-refractivity contribution in [1.29, 1.82) is 0 Å². The zero-order chi connectivity index (χ0) is 10.8. The second-order valence-corrected chi connectivity index (χ2v) is 2.94. The number of nitrogens with one attached hydrogen (secondary N) is 1. The minimum atomic E-state index is 0.0569. The highest BCUT2D eigenvalue weighted by molar-refractivity contribution is 5.01. The number of rotatable bonds is 8. The molecule has 0 aromatic rings. The Bertz CT molecular complexity index is 159. The lowest BCUT2D eigenvalue weighted by Crippen LogP contribution is -2.20. The van der Waals surface area contributed by atoms with E-state index in [0.29, 0.717) is 13.3 Å². The van der Waals surface area contributed by atoms with Gasteiger partial charge in [-0.1, -0.05) is 6.92 Å². The first-order valence-electron chi connectivity index (χ1n) is 4.90. The molecular weight excluding hydrogens is 182 g/mol. The number of ether oxygens (including phenoxy) is 2. The van der Waals surface area contributed by atoms with Crippen LogP contribution >= 0.6 is 0 Å². The summed E-state index contributed by atoms with van der Waals surface area (Å²) in [5, 5.41) is 11.6. The molecule has 2 N–H and O–H groups in total. The largest absolute Gasteiger partial charge is 0.394 e. The van der Waals surface area contributed by atoms with Crippen molar-refractivity contribution < 1.29 is 14.6 Å². The molecule has 4 nitrogen and oxygen atoms in total. The van der Waals surface area contributed by atoms with Gasteiger partial charge in [0.1, 0.15) is 6.73 Å². The Kier molecular flexibility index (Phi) is 8.62. The molecule has 0 aromatic carbocycles. The lowest BCUT2D eigenvalue weighted by molar-refractivity contribution is 0.0835. The summed E-state index contributed by atoms with van der Waals surface area (Å²) >= 11 is 0. The monoisotopic (exact) mass is 203 g/mol. The SMILES string of the molecule is CC/C(=C\C(C)OC)NCOCCO. The maximum atomic E-state index is 8.48. The minimum Gasteiger partial charge on any atom is -0.394 e. The van der Waals surface area contributed by atoms with Crippen molar-refractivity contribution in [3.63, 3.8) is 0 Å². The summed E-state index contributed by atoms with van der Waals surface area (Å²) in [5.41, 5.74) is 1.09. The molecule has 0 fully saturated rings. The number of methoxy groups -OCH3 is 1. The molecule has 0 spiro atoms. The third kappa shape index (κ3) is 6.88. The molecule has 0 aromatic heterocycles. The van der Waals surface area contributed by atoms with Crippen LogP contribution in [-0.2, 0) is 9.47 Å². The number of hydrogen-bond donors (Lipinski definition) is 2. The first-order valence-corrected chi connectivity index (χ1v) is 4.90. The van der Waals surface area contributed by atoms with Gasteiger partial charge < -0.3 is 19.9 Å². The predicted octanol–water partition coefficient (Wildman–Crippen LogP) is 0.871. The number of allylic oxidation sites excluding steroid dienone is 1. The van der Waals surface area contributed by atoms with E-state index < -0.39 is 0 Å². The Hall–Kier alpha value is -0.580. The second-order valence-electron chi connectivity index (χ2n) is 2.94. The quantitative estimate of drug-likeness (QED) is 0.454. The van der Waals surface area contributed by atoms with Gasteiger partial charge in [0.25, 0.3) is 0 Å². The maximum absolute atomic E-state index is 8.48. The molecule has 0 aliphatic heterocycles. The van der Waals surface area contributed by atoms with Gasteiger partial charge in [-0.3, -0.25) is 0 Å². The number of hydrogen-bond acceptors (Lipinski definition) is 4. The van der Waals surface area contributed by atoms with Gasteiger partial charge >= 0.3 is 0 Å². The predicted molar refractivity (Wildman–Crippen MR) is 55.9 cm³/mol. The molecule has 4 heteroatoms. The highest BCUT2D eigenvalue weighted by Crippen LogP contribution is 2.00. The molecular formula is C10H21NO3.